The van der Waals surface area contributed by atoms with Crippen LogP contribution in [0.3, 0.4) is 0 Å². The molecule has 7 aromatic rings. The first-order chi connectivity index (χ1) is 17.7. The van der Waals surface area contributed by atoms with Crippen molar-refractivity contribution >= 4 is 44.3 Å². The standard InChI is InChI=1S/C31H18ClN3O/c32-31-34-29(21-17-16-19-8-1-2-9-20(19)18-21)33-30(35-31)24-11-4-3-10-22(24)23-13-7-15-27-28(23)25-12-5-6-14-26(25)36-27/h1-18H. The number of hydrogen-bond donors (Lipinski definition) is 0. The lowest BCUT2D eigenvalue weighted by molar-refractivity contribution is 0.669. The van der Waals surface area contributed by atoms with Crippen molar-refractivity contribution in [1.82, 2.24) is 15.0 Å². The van der Waals surface area contributed by atoms with E-state index in [2.05, 4.69) is 52.4 Å². The molecule has 0 spiro atoms. The number of nitrogens with zero attached hydrogens (tertiary/aromatic N) is 3. The third-order valence-corrected chi connectivity index (χ3v) is 6.65. The van der Waals surface area contributed by atoms with E-state index in [1.54, 1.807) is 0 Å². The number of aromatic nitrogens is 3. The predicted molar refractivity (Wildman–Crippen MR) is 146 cm³/mol. The highest BCUT2D eigenvalue weighted by atomic mass is 35.5. The predicted octanol–water partition coefficient (Wildman–Crippen LogP) is 8.58. The summed E-state index contributed by atoms with van der Waals surface area (Å²) in [7, 11) is 0. The lowest BCUT2D eigenvalue weighted by atomic mass is 9.95. The average Bonchev–Trinajstić information content (AvgIpc) is 3.31. The Labute approximate surface area is 211 Å². The molecule has 2 aromatic heterocycles. The van der Waals surface area contributed by atoms with Gasteiger partial charge in [0, 0.05) is 21.9 Å². The van der Waals surface area contributed by atoms with Crippen LogP contribution in [-0.4, -0.2) is 15.0 Å². The maximum absolute atomic E-state index is 6.44. The van der Waals surface area contributed by atoms with Gasteiger partial charge < -0.3 is 4.42 Å². The summed E-state index contributed by atoms with van der Waals surface area (Å²) in [6.07, 6.45) is 0. The largest absolute Gasteiger partial charge is 0.456 e. The van der Waals surface area contributed by atoms with Gasteiger partial charge in [-0.2, -0.15) is 9.97 Å². The van der Waals surface area contributed by atoms with E-state index < -0.39 is 0 Å². The minimum absolute atomic E-state index is 0.157. The molecule has 0 radical (unpaired) electrons. The van der Waals surface area contributed by atoms with Crippen LogP contribution in [0.4, 0.5) is 0 Å². The number of rotatable bonds is 3. The quantitative estimate of drug-likeness (QED) is 0.252. The molecule has 0 N–H and O–H groups in total. The topological polar surface area (TPSA) is 51.8 Å². The normalized spacial score (nSPS) is 11.5. The molecule has 7 rings (SSSR count). The van der Waals surface area contributed by atoms with Crippen LogP contribution in [0.5, 0.6) is 0 Å². The molecule has 0 bridgehead atoms. The summed E-state index contributed by atoms with van der Waals surface area (Å²) in [6, 6.07) is 36.7. The number of halogens is 1. The van der Waals surface area contributed by atoms with Gasteiger partial charge in [0.05, 0.1) is 0 Å². The van der Waals surface area contributed by atoms with E-state index >= 15 is 0 Å². The van der Waals surface area contributed by atoms with Crippen molar-refractivity contribution < 1.29 is 4.42 Å². The number of hydrogen-bond acceptors (Lipinski definition) is 4. The van der Waals surface area contributed by atoms with Crippen LogP contribution < -0.4 is 0 Å². The third-order valence-electron chi connectivity index (χ3n) is 6.48. The first-order valence-corrected chi connectivity index (χ1v) is 12.0. The molecule has 0 aliphatic heterocycles. The van der Waals surface area contributed by atoms with Crippen LogP contribution in [0.15, 0.2) is 114 Å². The first kappa shape index (κ1) is 20.8. The van der Waals surface area contributed by atoms with Gasteiger partial charge in [-0.05, 0) is 51.7 Å². The smallest absolute Gasteiger partial charge is 0.226 e. The Kier molecular flexibility index (Phi) is 4.79. The molecule has 0 fully saturated rings. The Morgan fingerprint density at radius 1 is 0.528 bits per heavy atom. The molecular weight excluding hydrogens is 466 g/mol. The van der Waals surface area contributed by atoms with Gasteiger partial charge in [-0.3, -0.25) is 0 Å². The Bertz CT molecular complexity index is 1930. The molecule has 2 heterocycles. The Hall–Kier alpha value is -4.54. The van der Waals surface area contributed by atoms with Crippen molar-refractivity contribution in [3.63, 3.8) is 0 Å². The molecule has 5 aromatic carbocycles. The van der Waals surface area contributed by atoms with Crippen molar-refractivity contribution in [2.24, 2.45) is 0 Å². The van der Waals surface area contributed by atoms with Gasteiger partial charge in [0.15, 0.2) is 11.6 Å². The van der Waals surface area contributed by atoms with Crippen molar-refractivity contribution in [1.29, 1.82) is 0 Å². The number of benzene rings is 5. The number of para-hydroxylation sites is 1. The number of fused-ring (bicyclic) bond motifs is 4. The molecule has 0 saturated heterocycles. The fourth-order valence-corrected chi connectivity index (χ4v) is 5.00. The summed E-state index contributed by atoms with van der Waals surface area (Å²) in [6.45, 7) is 0. The Morgan fingerprint density at radius 2 is 1.22 bits per heavy atom. The van der Waals surface area contributed by atoms with E-state index in [4.69, 9.17) is 21.0 Å². The summed E-state index contributed by atoms with van der Waals surface area (Å²) in [5.41, 5.74) is 5.52. The van der Waals surface area contributed by atoms with E-state index in [9.17, 15) is 0 Å². The van der Waals surface area contributed by atoms with Gasteiger partial charge in [-0.15, -0.1) is 0 Å². The molecular formula is C31H18ClN3O. The van der Waals surface area contributed by atoms with Crippen LogP contribution in [0.25, 0.3) is 66.6 Å². The van der Waals surface area contributed by atoms with Gasteiger partial charge >= 0.3 is 0 Å². The van der Waals surface area contributed by atoms with E-state index in [1.807, 2.05) is 66.7 Å². The van der Waals surface area contributed by atoms with Crippen molar-refractivity contribution in [3.05, 3.63) is 114 Å². The first-order valence-electron chi connectivity index (χ1n) is 11.7. The highest BCUT2D eigenvalue weighted by Crippen LogP contribution is 2.40. The third kappa shape index (κ3) is 3.43. The zero-order valence-electron chi connectivity index (χ0n) is 19.0. The zero-order valence-corrected chi connectivity index (χ0v) is 19.8. The van der Waals surface area contributed by atoms with E-state index in [0.29, 0.717) is 11.6 Å². The lowest BCUT2D eigenvalue weighted by Gasteiger charge is -2.11. The Morgan fingerprint density at radius 3 is 2.14 bits per heavy atom. The van der Waals surface area contributed by atoms with E-state index in [0.717, 1.165) is 55.0 Å². The van der Waals surface area contributed by atoms with Crippen molar-refractivity contribution in [2.75, 3.05) is 0 Å². The van der Waals surface area contributed by atoms with Gasteiger partial charge in [0.2, 0.25) is 5.28 Å². The summed E-state index contributed by atoms with van der Waals surface area (Å²) >= 11 is 6.44. The second-order valence-electron chi connectivity index (χ2n) is 8.64. The second-order valence-corrected chi connectivity index (χ2v) is 8.97. The van der Waals surface area contributed by atoms with Gasteiger partial charge in [-0.25, -0.2) is 4.98 Å². The monoisotopic (exact) mass is 483 g/mol. The lowest BCUT2D eigenvalue weighted by Crippen LogP contribution is -1.98. The summed E-state index contributed by atoms with van der Waals surface area (Å²) in [4.78, 5) is 13.8. The molecule has 0 saturated carbocycles. The van der Waals surface area contributed by atoms with Crippen molar-refractivity contribution in [3.8, 4) is 33.9 Å². The molecule has 4 nitrogen and oxygen atoms in total. The van der Waals surface area contributed by atoms with E-state index in [1.165, 1.54) is 0 Å². The molecule has 0 atom stereocenters. The Balaban J connectivity index is 1.43. The second kappa shape index (κ2) is 8.29. The maximum Gasteiger partial charge on any atom is 0.226 e. The van der Waals surface area contributed by atoms with Gasteiger partial charge in [-0.1, -0.05) is 91.0 Å². The summed E-state index contributed by atoms with van der Waals surface area (Å²) in [5, 5.41) is 4.57. The van der Waals surface area contributed by atoms with Crippen LogP contribution in [0.1, 0.15) is 0 Å². The van der Waals surface area contributed by atoms with Crippen molar-refractivity contribution in [2.45, 2.75) is 0 Å². The fraction of sp³-hybridized carbons (Fsp3) is 0. The minimum atomic E-state index is 0.157. The molecule has 0 amide bonds. The average molecular weight is 484 g/mol. The molecule has 36 heavy (non-hydrogen) atoms. The molecule has 0 aliphatic carbocycles. The minimum Gasteiger partial charge on any atom is -0.456 e. The highest BCUT2D eigenvalue weighted by molar-refractivity contribution is 6.28. The molecule has 0 aliphatic rings. The van der Waals surface area contributed by atoms with E-state index in [-0.39, 0.29) is 5.28 Å². The highest BCUT2D eigenvalue weighted by Gasteiger charge is 2.18. The number of furan rings is 1. The van der Waals surface area contributed by atoms with Crippen LogP contribution in [-0.2, 0) is 0 Å². The SMILES string of the molecule is Clc1nc(-c2ccc3ccccc3c2)nc(-c2ccccc2-c2cccc3oc4ccccc4c23)n1. The molecule has 0 unspecified atom stereocenters. The van der Waals surface area contributed by atoms with Crippen LogP contribution >= 0.6 is 11.6 Å². The zero-order chi connectivity index (χ0) is 24.1. The maximum atomic E-state index is 6.44. The van der Waals surface area contributed by atoms with Gasteiger partial charge in [0.1, 0.15) is 11.2 Å². The summed E-state index contributed by atoms with van der Waals surface area (Å²) in [5.74, 6) is 1.07. The molecule has 5 heteroatoms. The molecule has 170 valence electrons. The van der Waals surface area contributed by atoms with Crippen LogP contribution in [0.2, 0.25) is 5.28 Å². The summed E-state index contributed by atoms with van der Waals surface area (Å²) < 4.78 is 6.13. The van der Waals surface area contributed by atoms with Crippen LogP contribution in [0, 0.1) is 0 Å². The fourth-order valence-electron chi connectivity index (χ4n) is 4.84. The van der Waals surface area contributed by atoms with Gasteiger partial charge in [0.25, 0.3) is 0 Å².